The average Bonchev–Trinajstić information content (AvgIpc) is 2.46. The number of halogens is 1. The number of carbonyl (C=O) groups excluding carboxylic acids is 2. The van der Waals surface area contributed by atoms with Crippen LogP contribution in [0.4, 0.5) is 10.1 Å². The van der Waals surface area contributed by atoms with E-state index in [9.17, 15) is 14.0 Å². The van der Waals surface area contributed by atoms with E-state index in [1.165, 1.54) is 12.1 Å². The summed E-state index contributed by atoms with van der Waals surface area (Å²) < 4.78 is 18.8. The lowest BCUT2D eigenvalue weighted by Crippen LogP contribution is -2.28. The van der Waals surface area contributed by atoms with E-state index in [4.69, 9.17) is 4.74 Å². The molecule has 6 heteroatoms. The van der Waals surface area contributed by atoms with Gasteiger partial charge >= 0.3 is 5.97 Å². The summed E-state index contributed by atoms with van der Waals surface area (Å²) in [6.07, 6.45) is 0. The maximum atomic E-state index is 13.9. The van der Waals surface area contributed by atoms with Crippen LogP contribution in [0.1, 0.15) is 38.2 Å². The number of hydrogen-bond donors (Lipinski definition) is 1. The SMILES string of the molecule is CCOC(=O)c1nc2c(F)cccc2cc1NC(=O)C(C)(C)C. The highest BCUT2D eigenvalue weighted by molar-refractivity contribution is 6.04. The number of carbonyl (C=O) groups is 2. The minimum Gasteiger partial charge on any atom is -0.461 e. The summed E-state index contributed by atoms with van der Waals surface area (Å²) in [4.78, 5) is 28.4. The number of benzene rings is 1. The van der Waals surface area contributed by atoms with Crippen LogP contribution in [0, 0.1) is 11.2 Å². The van der Waals surface area contributed by atoms with Crippen molar-refractivity contribution in [3.8, 4) is 0 Å². The van der Waals surface area contributed by atoms with Gasteiger partial charge in [-0.1, -0.05) is 32.9 Å². The number of aromatic nitrogens is 1. The molecule has 2 rings (SSSR count). The number of nitrogens with zero attached hydrogens (tertiary/aromatic N) is 1. The number of pyridine rings is 1. The quantitative estimate of drug-likeness (QED) is 0.879. The molecule has 0 spiro atoms. The van der Waals surface area contributed by atoms with Crippen molar-refractivity contribution in [2.75, 3.05) is 11.9 Å². The second-order valence-corrected chi connectivity index (χ2v) is 6.12. The van der Waals surface area contributed by atoms with Gasteiger partial charge in [-0.3, -0.25) is 4.79 Å². The van der Waals surface area contributed by atoms with Crippen LogP contribution in [0.25, 0.3) is 10.9 Å². The molecule has 2 aromatic rings. The molecule has 0 saturated heterocycles. The Morgan fingerprint density at radius 2 is 2.00 bits per heavy atom. The third kappa shape index (κ3) is 3.64. The van der Waals surface area contributed by atoms with E-state index >= 15 is 0 Å². The molecule has 0 aliphatic rings. The number of fused-ring (bicyclic) bond motifs is 1. The number of hydrogen-bond acceptors (Lipinski definition) is 4. The normalized spacial score (nSPS) is 11.3. The zero-order valence-corrected chi connectivity index (χ0v) is 13.6. The second-order valence-electron chi connectivity index (χ2n) is 6.12. The molecular formula is C17H19FN2O3. The Morgan fingerprint density at radius 3 is 2.61 bits per heavy atom. The third-order valence-corrected chi connectivity index (χ3v) is 3.19. The van der Waals surface area contributed by atoms with E-state index in [0.29, 0.717) is 5.39 Å². The van der Waals surface area contributed by atoms with Crippen LogP contribution in [0.3, 0.4) is 0 Å². The minimum atomic E-state index is -0.707. The van der Waals surface area contributed by atoms with Crippen molar-refractivity contribution in [3.05, 3.63) is 35.8 Å². The summed E-state index contributed by atoms with van der Waals surface area (Å²) >= 11 is 0. The maximum absolute atomic E-state index is 13.9. The first-order valence-corrected chi connectivity index (χ1v) is 7.32. The zero-order valence-electron chi connectivity index (χ0n) is 13.6. The average molecular weight is 318 g/mol. The summed E-state index contributed by atoms with van der Waals surface area (Å²) in [6.45, 7) is 7.07. The van der Waals surface area contributed by atoms with Gasteiger partial charge in [-0.2, -0.15) is 0 Å². The van der Waals surface area contributed by atoms with Gasteiger partial charge in [0.2, 0.25) is 5.91 Å². The molecule has 0 aliphatic heterocycles. The molecule has 23 heavy (non-hydrogen) atoms. The summed E-state index contributed by atoms with van der Waals surface area (Å²) in [5.74, 6) is -1.52. The number of esters is 1. The van der Waals surface area contributed by atoms with Gasteiger partial charge in [-0.05, 0) is 19.1 Å². The summed E-state index contributed by atoms with van der Waals surface area (Å²) in [5, 5.41) is 3.16. The molecule has 0 bridgehead atoms. The summed E-state index contributed by atoms with van der Waals surface area (Å²) in [6, 6.07) is 5.99. The van der Waals surface area contributed by atoms with Crippen molar-refractivity contribution in [3.63, 3.8) is 0 Å². The Bertz CT molecular complexity index is 766. The lowest BCUT2D eigenvalue weighted by molar-refractivity contribution is -0.123. The Balaban J connectivity index is 2.58. The summed E-state index contributed by atoms with van der Waals surface area (Å²) in [7, 11) is 0. The van der Waals surface area contributed by atoms with Crippen LogP contribution in [0.2, 0.25) is 0 Å². The fourth-order valence-corrected chi connectivity index (χ4v) is 1.92. The van der Waals surface area contributed by atoms with E-state index in [1.807, 2.05) is 0 Å². The van der Waals surface area contributed by atoms with E-state index in [2.05, 4.69) is 10.3 Å². The van der Waals surface area contributed by atoms with Gasteiger partial charge in [-0.25, -0.2) is 14.2 Å². The van der Waals surface area contributed by atoms with Crippen molar-refractivity contribution >= 4 is 28.5 Å². The highest BCUT2D eigenvalue weighted by Gasteiger charge is 2.25. The summed E-state index contributed by atoms with van der Waals surface area (Å²) in [5.41, 5.74) is -0.490. The van der Waals surface area contributed by atoms with E-state index in [-0.39, 0.29) is 29.4 Å². The molecule has 1 aromatic heterocycles. The minimum absolute atomic E-state index is 0.0595. The molecular weight excluding hydrogens is 299 g/mol. The van der Waals surface area contributed by atoms with Crippen molar-refractivity contribution in [1.82, 2.24) is 4.98 Å². The lowest BCUT2D eigenvalue weighted by Gasteiger charge is -2.19. The fourth-order valence-electron chi connectivity index (χ4n) is 1.92. The van der Waals surface area contributed by atoms with Crippen LogP contribution in [0.15, 0.2) is 24.3 Å². The Labute approximate surface area is 133 Å². The molecule has 0 saturated carbocycles. The molecule has 0 aliphatic carbocycles. The van der Waals surface area contributed by atoms with Crippen molar-refractivity contribution in [2.45, 2.75) is 27.7 Å². The largest absolute Gasteiger partial charge is 0.461 e. The number of para-hydroxylation sites is 1. The van der Waals surface area contributed by atoms with Crippen LogP contribution in [-0.2, 0) is 9.53 Å². The molecule has 0 atom stereocenters. The first kappa shape index (κ1) is 16.9. The van der Waals surface area contributed by atoms with Gasteiger partial charge in [-0.15, -0.1) is 0 Å². The van der Waals surface area contributed by atoms with Crippen molar-refractivity contribution < 1.29 is 18.7 Å². The topological polar surface area (TPSA) is 68.3 Å². The molecule has 0 radical (unpaired) electrons. The van der Waals surface area contributed by atoms with E-state index < -0.39 is 17.2 Å². The highest BCUT2D eigenvalue weighted by atomic mass is 19.1. The first-order valence-electron chi connectivity index (χ1n) is 7.32. The van der Waals surface area contributed by atoms with Crippen LogP contribution < -0.4 is 5.32 Å². The number of anilines is 1. The van der Waals surface area contributed by atoms with Gasteiger partial charge in [0.05, 0.1) is 12.3 Å². The van der Waals surface area contributed by atoms with E-state index in [0.717, 1.165) is 0 Å². The zero-order chi connectivity index (χ0) is 17.2. The molecule has 1 aromatic carbocycles. The standard InChI is InChI=1S/C17H19FN2O3/c1-5-23-15(21)14-12(19-16(22)17(2,3)4)9-10-7-6-8-11(18)13(10)20-14/h6-9H,5H2,1-4H3,(H,19,22). The predicted octanol–water partition coefficient (Wildman–Crippen LogP) is 3.54. The number of ether oxygens (including phenoxy) is 1. The number of nitrogens with one attached hydrogen (secondary N) is 1. The van der Waals surface area contributed by atoms with E-state index in [1.54, 1.807) is 39.8 Å². The van der Waals surface area contributed by atoms with Gasteiger partial charge in [0.15, 0.2) is 5.69 Å². The molecule has 1 amide bonds. The Morgan fingerprint density at radius 1 is 1.30 bits per heavy atom. The number of rotatable bonds is 3. The highest BCUT2D eigenvalue weighted by Crippen LogP contribution is 2.25. The van der Waals surface area contributed by atoms with Crippen LogP contribution in [0.5, 0.6) is 0 Å². The van der Waals surface area contributed by atoms with Crippen molar-refractivity contribution in [2.24, 2.45) is 5.41 Å². The smallest absolute Gasteiger partial charge is 0.359 e. The Hall–Kier alpha value is -2.50. The second kappa shape index (κ2) is 6.32. The predicted molar refractivity (Wildman–Crippen MR) is 85.7 cm³/mol. The third-order valence-electron chi connectivity index (χ3n) is 3.19. The van der Waals surface area contributed by atoms with Crippen LogP contribution >= 0.6 is 0 Å². The molecule has 1 N–H and O–H groups in total. The number of amides is 1. The monoisotopic (exact) mass is 318 g/mol. The molecule has 0 fully saturated rings. The van der Waals surface area contributed by atoms with Crippen LogP contribution in [-0.4, -0.2) is 23.5 Å². The Kier molecular flexibility index (Phi) is 4.63. The lowest BCUT2D eigenvalue weighted by atomic mass is 9.95. The molecule has 122 valence electrons. The van der Waals surface area contributed by atoms with Crippen molar-refractivity contribution in [1.29, 1.82) is 0 Å². The molecule has 0 unspecified atom stereocenters. The molecule has 1 heterocycles. The first-order chi connectivity index (χ1) is 10.7. The molecule has 5 nitrogen and oxygen atoms in total. The van der Waals surface area contributed by atoms with Gasteiger partial charge in [0, 0.05) is 10.8 Å². The fraction of sp³-hybridized carbons (Fsp3) is 0.353. The van der Waals surface area contributed by atoms with Gasteiger partial charge in [0.1, 0.15) is 11.3 Å². The maximum Gasteiger partial charge on any atom is 0.359 e. The van der Waals surface area contributed by atoms with Gasteiger partial charge < -0.3 is 10.1 Å². The van der Waals surface area contributed by atoms with Gasteiger partial charge in [0.25, 0.3) is 0 Å².